The van der Waals surface area contributed by atoms with Crippen molar-refractivity contribution in [1.29, 1.82) is 0 Å². The number of rotatable bonds is 3. The molecule has 5 heteroatoms. The first-order valence-electron chi connectivity index (χ1n) is 6.29. The van der Waals surface area contributed by atoms with Gasteiger partial charge in [0.05, 0.1) is 11.1 Å². The second-order valence-electron chi connectivity index (χ2n) is 4.78. The van der Waals surface area contributed by atoms with Crippen LogP contribution in [-0.2, 0) is 0 Å². The molecule has 2 aromatic rings. The van der Waals surface area contributed by atoms with E-state index in [4.69, 9.17) is 0 Å². The monoisotopic (exact) mass is 285 g/mol. The van der Waals surface area contributed by atoms with Crippen molar-refractivity contribution in [3.05, 3.63) is 59.2 Å². The average Bonchev–Trinajstić information content (AvgIpc) is 2.46. The number of hydrogen-bond donors (Lipinski definition) is 2. The lowest BCUT2D eigenvalue weighted by molar-refractivity contribution is 0.0824. The molecular formula is C16H15NO4. The van der Waals surface area contributed by atoms with Crippen molar-refractivity contribution in [2.45, 2.75) is 0 Å². The summed E-state index contributed by atoms with van der Waals surface area (Å²) in [6.07, 6.45) is 0. The van der Waals surface area contributed by atoms with Crippen LogP contribution < -0.4 is 0 Å². The lowest BCUT2D eigenvalue weighted by atomic mass is 9.99. The summed E-state index contributed by atoms with van der Waals surface area (Å²) in [6.45, 7) is 0. The number of carbonyl (C=O) groups excluding carboxylic acids is 2. The molecule has 0 saturated heterocycles. The number of hydrogen-bond acceptors (Lipinski definition) is 4. The Morgan fingerprint density at radius 1 is 0.905 bits per heavy atom. The first-order chi connectivity index (χ1) is 9.91. The molecule has 0 aliphatic carbocycles. The zero-order valence-corrected chi connectivity index (χ0v) is 11.7. The minimum Gasteiger partial charge on any atom is -0.507 e. The quantitative estimate of drug-likeness (QED) is 0.846. The van der Waals surface area contributed by atoms with Crippen molar-refractivity contribution in [3.8, 4) is 11.5 Å². The van der Waals surface area contributed by atoms with Gasteiger partial charge in [-0.1, -0.05) is 12.1 Å². The van der Waals surface area contributed by atoms with Crippen LogP contribution in [-0.4, -0.2) is 40.9 Å². The van der Waals surface area contributed by atoms with Crippen molar-refractivity contribution < 1.29 is 19.8 Å². The Kier molecular flexibility index (Phi) is 3.93. The van der Waals surface area contributed by atoms with Gasteiger partial charge in [0.25, 0.3) is 5.91 Å². The maximum atomic E-state index is 12.4. The van der Waals surface area contributed by atoms with Crippen LogP contribution in [0.2, 0.25) is 0 Å². The Balaban J connectivity index is 2.47. The largest absolute Gasteiger partial charge is 0.507 e. The van der Waals surface area contributed by atoms with E-state index >= 15 is 0 Å². The number of amides is 1. The topological polar surface area (TPSA) is 77.8 Å². The highest BCUT2D eigenvalue weighted by atomic mass is 16.3. The molecule has 5 nitrogen and oxygen atoms in total. The molecule has 2 aromatic carbocycles. The first kappa shape index (κ1) is 14.6. The number of phenolic OH excluding ortho intramolecular Hbond substituents is 2. The fourth-order valence-electron chi connectivity index (χ4n) is 1.91. The van der Waals surface area contributed by atoms with Crippen LogP contribution in [0.1, 0.15) is 26.3 Å². The van der Waals surface area contributed by atoms with E-state index < -0.39 is 11.7 Å². The summed E-state index contributed by atoms with van der Waals surface area (Å²) in [4.78, 5) is 25.6. The van der Waals surface area contributed by atoms with E-state index in [0.29, 0.717) is 0 Å². The van der Waals surface area contributed by atoms with Gasteiger partial charge in [0.15, 0.2) is 5.78 Å². The van der Waals surface area contributed by atoms with E-state index in [1.807, 2.05) is 0 Å². The van der Waals surface area contributed by atoms with Gasteiger partial charge >= 0.3 is 0 Å². The summed E-state index contributed by atoms with van der Waals surface area (Å²) in [7, 11) is 3.11. The van der Waals surface area contributed by atoms with E-state index in [-0.39, 0.29) is 28.2 Å². The van der Waals surface area contributed by atoms with Crippen molar-refractivity contribution in [3.63, 3.8) is 0 Å². The number of carbonyl (C=O) groups is 2. The molecular weight excluding hydrogens is 270 g/mol. The third-order valence-electron chi connectivity index (χ3n) is 3.04. The zero-order valence-electron chi connectivity index (χ0n) is 11.7. The van der Waals surface area contributed by atoms with Gasteiger partial charge in [0.1, 0.15) is 11.5 Å². The summed E-state index contributed by atoms with van der Waals surface area (Å²) in [5, 5.41) is 19.5. The molecule has 0 saturated carbocycles. The molecule has 0 fully saturated rings. The van der Waals surface area contributed by atoms with E-state index in [1.54, 1.807) is 26.2 Å². The molecule has 21 heavy (non-hydrogen) atoms. The lowest BCUT2D eigenvalue weighted by Gasteiger charge is -2.12. The van der Waals surface area contributed by atoms with Crippen LogP contribution in [0.3, 0.4) is 0 Å². The molecule has 0 radical (unpaired) electrons. The summed E-state index contributed by atoms with van der Waals surface area (Å²) >= 11 is 0. The molecule has 2 N–H and O–H groups in total. The minimum atomic E-state index is -0.416. The lowest BCUT2D eigenvalue weighted by Crippen LogP contribution is -2.22. The first-order valence-corrected chi connectivity index (χ1v) is 6.29. The van der Waals surface area contributed by atoms with Gasteiger partial charge in [0.2, 0.25) is 0 Å². The third kappa shape index (κ3) is 2.86. The van der Waals surface area contributed by atoms with Gasteiger partial charge in [-0.3, -0.25) is 9.59 Å². The van der Waals surface area contributed by atoms with Gasteiger partial charge in [-0.2, -0.15) is 0 Å². The van der Waals surface area contributed by atoms with Gasteiger partial charge in [0, 0.05) is 19.7 Å². The van der Waals surface area contributed by atoms with Crippen LogP contribution in [0.25, 0.3) is 0 Å². The highest BCUT2D eigenvalue weighted by molar-refractivity contribution is 6.12. The fraction of sp³-hybridized carbons (Fsp3) is 0.125. The van der Waals surface area contributed by atoms with Crippen molar-refractivity contribution >= 4 is 11.7 Å². The van der Waals surface area contributed by atoms with Crippen molar-refractivity contribution in [2.75, 3.05) is 14.1 Å². The molecule has 0 atom stereocenters. The number of aromatic hydroxyl groups is 2. The molecule has 108 valence electrons. The Hall–Kier alpha value is -2.82. The highest BCUT2D eigenvalue weighted by Gasteiger charge is 2.18. The molecule has 0 unspecified atom stereocenters. The Labute approximate surface area is 122 Å². The normalized spacial score (nSPS) is 10.2. The molecule has 0 spiro atoms. The van der Waals surface area contributed by atoms with Crippen molar-refractivity contribution in [2.24, 2.45) is 0 Å². The summed E-state index contributed by atoms with van der Waals surface area (Å²) in [5.74, 6) is -1.14. The van der Waals surface area contributed by atoms with Gasteiger partial charge in [-0.15, -0.1) is 0 Å². The average molecular weight is 285 g/mol. The number of nitrogens with zero attached hydrogens (tertiary/aromatic N) is 1. The van der Waals surface area contributed by atoms with E-state index in [1.165, 1.54) is 35.2 Å². The maximum absolute atomic E-state index is 12.4. The van der Waals surface area contributed by atoms with Crippen LogP contribution in [0.15, 0.2) is 42.5 Å². The standard InChI is InChI=1S/C16H15NO4/c1-17(2)16(21)12-9-10(7-8-14(12)19)15(20)11-5-3-4-6-13(11)18/h3-9,18-19H,1-2H3. The Morgan fingerprint density at radius 3 is 2.14 bits per heavy atom. The smallest absolute Gasteiger partial charge is 0.257 e. The second kappa shape index (κ2) is 5.66. The van der Waals surface area contributed by atoms with Crippen LogP contribution >= 0.6 is 0 Å². The second-order valence-corrected chi connectivity index (χ2v) is 4.78. The van der Waals surface area contributed by atoms with E-state index in [0.717, 1.165) is 0 Å². The molecule has 0 aliphatic rings. The predicted octanol–water partition coefficient (Wildman–Crippen LogP) is 2.03. The van der Waals surface area contributed by atoms with E-state index in [2.05, 4.69) is 0 Å². The maximum Gasteiger partial charge on any atom is 0.257 e. The van der Waals surface area contributed by atoms with Gasteiger partial charge in [-0.05, 0) is 30.3 Å². The molecule has 2 rings (SSSR count). The molecule has 0 bridgehead atoms. The SMILES string of the molecule is CN(C)C(=O)c1cc(C(=O)c2ccccc2O)ccc1O. The highest BCUT2D eigenvalue weighted by Crippen LogP contribution is 2.24. The number of ketones is 1. The number of para-hydroxylation sites is 1. The number of phenols is 2. The van der Waals surface area contributed by atoms with E-state index in [9.17, 15) is 19.8 Å². The minimum absolute atomic E-state index is 0.0428. The van der Waals surface area contributed by atoms with Crippen LogP contribution in [0.4, 0.5) is 0 Å². The molecule has 1 amide bonds. The Bertz CT molecular complexity index is 707. The Morgan fingerprint density at radius 2 is 1.52 bits per heavy atom. The van der Waals surface area contributed by atoms with Crippen LogP contribution in [0.5, 0.6) is 11.5 Å². The molecule has 0 heterocycles. The fourth-order valence-corrected chi connectivity index (χ4v) is 1.91. The summed E-state index contributed by atoms with van der Waals surface area (Å²) in [5.41, 5.74) is 0.409. The van der Waals surface area contributed by atoms with Crippen LogP contribution in [0, 0.1) is 0 Å². The van der Waals surface area contributed by atoms with Gasteiger partial charge in [-0.25, -0.2) is 0 Å². The number of benzene rings is 2. The van der Waals surface area contributed by atoms with Crippen molar-refractivity contribution in [1.82, 2.24) is 4.90 Å². The van der Waals surface area contributed by atoms with Gasteiger partial charge < -0.3 is 15.1 Å². The predicted molar refractivity (Wildman–Crippen MR) is 77.7 cm³/mol. The summed E-state index contributed by atoms with van der Waals surface area (Å²) in [6, 6.07) is 10.2. The molecule has 0 aliphatic heterocycles. The summed E-state index contributed by atoms with van der Waals surface area (Å²) < 4.78 is 0. The third-order valence-corrected chi connectivity index (χ3v) is 3.04. The zero-order chi connectivity index (χ0) is 15.6. The molecule has 0 aromatic heterocycles.